The Morgan fingerprint density at radius 3 is 2.74 bits per heavy atom. The highest BCUT2D eigenvalue weighted by Gasteiger charge is 2.29. The third-order valence-electron chi connectivity index (χ3n) is 4.12. The van der Waals surface area contributed by atoms with Crippen LogP contribution >= 0.6 is 0 Å². The van der Waals surface area contributed by atoms with Crippen molar-refractivity contribution in [1.29, 1.82) is 0 Å². The van der Waals surface area contributed by atoms with Crippen molar-refractivity contribution in [2.75, 3.05) is 30.4 Å². The Bertz CT molecular complexity index is 691. The largest absolute Gasteiger partial charge is 0.494 e. The van der Waals surface area contributed by atoms with Crippen LogP contribution in [0.25, 0.3) is 0 Å². The van der Waals surface area contributed by atoms with E-state index in [1.807, 2.05) is 30.3 Å². The molecular weight excluding hydrogens is 295 g/mol. The lowest BCUT2D eigenvalue weighted by Crippen LogP contribution is -2.27. The van der Waals surface area contributed by atoms with E-state index in [1.54, 1.807) is 12.1 Å². The summed E-state index contributed by atoms with van der Waals surface area (Å²) in [5.74, 6) is -0.724. The molecule has 1 unspecified atom stereocenters. The summed E-state index contributed by atoms with van der Waals surface area (Å²) in [4.78, 5) is 14.6. The van der Waals surface area contributed by atoms with E-state index >= 15 is 0 Å². The molecule has 1 N–H and O–H groups in total. The highest BCUT2D eigenvalue weighted by molar-refractivity contribution is 5.93. The zero-order chi connectivity index (χ0) is 16.2. The first-order valence-electron chi connectivity index (χ1n) is 7.62. The van der Waals surface area contributed by atoms with Gasteiger partial charge >= 0.3 is 0 Å². The van der Waals surface area contributed by atoms with Gasteiger partial charge in [-0.1, -0.05) is 24.3 Å². The predicted octanol–water partition coefficient (Wildman–Crippen LogP) is 3.30. The molecule has 1 fully saturated rings. The highest BCUT2D eigenvalue weighted by Crippen LogP contribution is 2.27. The van der Waals surface area contributed by atoms with Crippen LogP contribution in [0.5, 0.6) is 5.75 Å². The summed E-state index contributed by atoms with van der Waals surface area (Å²) in [6.07, 6.45) is 0.756. The van der Waals surface area contributed by atoms with Crippen molar-refractivity contribution in [3.8, 4) is 5.75 Å². The number of carbonyl (C=O) groups excluding carboxylic acids is 1. The molecule has 1 aliphatic rings. The maximum atomic E-state index is 14.1. The van der Waals surface area contributed by atoms with Crippen molar-refractivity contribution >= 4 is 17.3 Å². The summed E-state index contributed by atoms with van der Waals surface area (Å²) in [5.41, 5.74) is 1.27. The van der Waals surface area contributed by atoms with Gasteiger partial charge in [0.15, 0.2) is 11.6 Å². The average molecular weight is 314 g/mol. The summed E-state index contributed by atoms with van der Waals surface area (Å²) in [7, 11) is 1.40. The Labute approximate surface area is 134 Å². The average Bonchev–Trinajstić information content (AvgIpc) is 3.08. The summed E-state index contributed by atoms with van der Waals surface area (Å²) in [5, 5.41) is 2.68. The first kappa shape index (κ1) is 15.3. The number of halogens is 1. The number of nitrogens with one attached hydrogen (secondary N) is 1. The molecule has 120 valence electrons. The zero-order valence-electron chi connectivity index (χ0n) is 13.0. The molecule has 1 atom stereocenters. The topological polar surface area (TPSA) is 41.6 Å². The molecule has 0 spiro atoms. The smallest absolute Gasteiger partial charge is 0.229 e. The molecule has 0 aromatic heterocycles. The lowest BCUT2D eigenvalue weighted by atomic mass is 10.1. The van der Waals surface area contributed by atoms with Gasteiger partial charge in [0.1, 0.15) is 0 Å². The van der Waals surface area contributed by atoms with Crippen LogP contribution in [-0.2, 0) is 4.79 Å². The minimum atomic E-state index is -0.540. The fourth-order valence-corrected chi connectivity index (χ4v) is 2.85. The van der Waals surface area contributed by atoms with E-state index < -0.39 is 5.82 Å². The van der Waals surface area contributed by atoms with Gasteiger partial charge in [-0.3, -0.25) is 4.79 Å². The standard InChI is InChI=1S/C18H19FN2O2/c1-23-16-9-5-8-15(17(16)19)20-18(22)13-10-11-21(12-13)14-6-3-2-4-7-14/h2-9,13H,10-12H2,1H3,(H,20,22). The van der Waals surface area contributed by atoms with Gasteiger partial charge < -0.3 is 15.0 Å². The zero-order valence-corrected chi connectivity index (χ0v) is 13.0. The molecule has 2 aromatic carbocycles. The molecule has 0 aliphatic carbocycles. The van der Waals surface area contributed by atoms with E-state index in [9.17, 15) is 9.18 Å². The maximum absolute atomic E-state index is 14.1. The molecular formula is C18H19FN2O2. The summed E-state index contributed by atoms with van der Waals surface area (Å²) >= 11 is 0. The van der Waals surface area contributed by atoms with Gasteiger partial charge in [-0.15, -0.1) is 0 Å². The Morgan fingerprint density at radius 2 is 2.00 bits per heavy atom. The van der Waals surface area contributed by atoms with Gasteiger partial charge in [-0.2, -0.15) is 0 Å². The molecule has 0 radical (unpaired) electrons. The molecule has 23 heavy (non-hydrogen) atoms. The van der Waals surface area contributed by atoms with E-state index in [0.717, 1.165) is 18.7 Å². The monoisotopic (exact) mass is 314 g/mol. The van der Waals surface area contributed by atoms with Crippen LogP contribution in [-0.4, -0.2) is 26.1 Å². The summed E-state index contributed by atoms with van der Waals surface area (Å²) < 4.78 is 19.0. The molecule has 0 saturated carbocycles. The van der Waals surface area contributed by atoms with E-state index in [1.165, 1.54) is 13.2 Å². The van der Waals surface area contributed by atoms with Crippen LogP contribution in [0.2, 0.25) is 0 Å². The van der Waals surface area contributed by atoms with Crippen molar-refractivity contribution < 1.29 is 13.9 Å². The van der Waals surface area contributed by atoms with Gasteiger partial charge in [-0.05, 0) is 30.7 Å². The van der Waals surface area contributed by atoms with Crippen LogP contribution in [0, 0.1) is 11.7 Å². The quantitative estimate of drug-likeness (QED) is 0.941. The molecule has 5 heteroatoms. The second-order valence-electron chi connectivity index (χ2n) is 5.58. The minimum Gasteiger partial charge on any atom is -0.494 e. The molecule has 1 amide bonds. The number of hydrogen-bond acceptors (Lipinski definition) is 3. The van der Waals surface area contributed by atoms with Gasteiger partial charge in [0.2, 0.25) is 5.91 Å². The van der Waals surface area contributed by atoms with E-state index in [4.69, 9.17) is 4.74 Å². The number of para-hydroxylation sites is 1. The number of rotatable bonds is 4. The number of benzene rings is 2. The van der Waals surface area contributed by atoms with Crippen molar-refractivity contribution in [2.24, 2.45) is 5.92 Å². The van der Waals surface area contributed by atoms with Crippen LogP contribution in [0.4, 0.5) is 15.8 Å². The van der Waals surface area contributed by atoms with Crippen LogP contribution in [0.3, 0.4) is 0 Å². The highest BCUT2D eigenvalue weighted by atomic mass is 19.1. The number of anilines is 2. The number of amides is 1. The van der Waals surface area contributed by atoms with Gasteiger partial charge in [0, 0.05) is 18.8 Å². The fourth-order valence-electron chi connectivity index (χ4n) is 2.85. The first-order valence-corrected chi connectivity index (χ1v) is 7.62. The summed E-state index contributed by atoms with van der Waals surface area (Å²) in [6.45, 7) is 1.46. The molecule has 1 aliphatic heterocycles. The maximum Gasteiger partial charge on any atom is 0.229 e. The Balaban J connectivity index is 1.66. The lowest BCUT2D eigenvalue weighted by Gasteiger charge is -2.18. The predicted molar refractivity (Wildman–Crippen MR) is 88.3 cm³/mol. The molecule has 3 rings (SSSR count). The Hall–Kier alpha value is -2.56. The van der Waals surface area contributed by atoms with Crippen LogP contribution in [0.1, 0.15) is 6.42 Å². The first-order chi connectivity index (χ1) is 11.2. The van der Waals surface area contributed by atoms with E-state index in [-0.39, 0.29) is 23.3 Å². The molecule has 0 bridgehead atoms. The van der Waals surface area contributed by atoms with Crippen molar-refractivity contribution in [3.05, 3.63) is 54.3 Å². The van der Waals surface area contributed by atoms with Crippen LogP contribution < -0.4 is 15.0 Å². The van der Waals surface area contributed by atoms with E-state index in [2.05, 4.69) is 10.2 Å². The van der Waals surface area contributed by atoms with Gasteiger partial charge in [0.05, 0.1) is 18.7 Å². The number of ether oxygens (including phenoxy) is 1. The molecule has 2 aromatic rings. The van der Waals surface area contributed by atoms with Crippen molar-refractivity contribution in [3.63, 3.8) is 0 Å². The van der Waals surface area contributed by atoms with Crippen molar-refractivity contribution in [2.45, 2.75) is 6.42 Å². The SMILES string of the molecule is COc1cccc(NC(=O)C2CCN(c3ccccc3)C2)c1F. The van der Waals surface area contributed by atoms with Gasteiger partial charge in [0.25, 0.3) is 0 Å². The van der Waals surface area contributed by atoms with E-state index in [0.29, 0.717) is 6.54 Å². The normalized spacial score (nSPS) is 17.1. The Kier molecular flexibility index (Phi) is 4.46. The third-order valence-corrected chi connectivity index (χ3v) is 4.12. The Morgan fingerprint density at radius 1 is 1.22 bits per heavy atom. The third kappa shape index (κ3) is 3.28. The molecule has 4 nitrogen and oxygen atoms in total. The number of carbonyl (C=O) groups is 1. The van der Waals surface area contributed by atoms with Gasteiger partial charge in [-0.25, -0.2) is 4.39 Å². The van der Waals surface area contributed by atoms with Crippen LogP contribution in [0.15, 0.2) is 48.5 Å². The molecule has 1 saturated heterocycles. The minimum absolute atomic E-state index is 0.125. The van der Waals surface area contributed by atoms with Crippen molar-refractivity contribution in [1.82, 2.24) is 0 Å². The lowest BCUT2D eigenvalue weighted by molar-refractivity contribution is -0.119. The second kappa shape index (κ2) is 6.69. The molecule has 1 heterocycles. The number of methoxy groups -OCH3 is 1. The number of nitrogens with zero attached hydrogens (tertiary/aromatic N) is 1. The summed E-state index contributed by atoms with van der Waals surface area (Å²) in [6, 6.07) is 14.7. The second-order valence-corrected chi connectivity index (χ2v) is 5.58. The fraction of sp³-hybridized carbons (Fsp3) is 0.278. The number of hydrogen-bond donors (Lipinski definition) is 1.